The van der Waals surface area contributed by atoms with Crippen LogP contribution < -0.4 is 11.1 Å². The van der Waals surface area contributed by atoms with Crippen LogP contribution in [0.4, 0.5) is 0 Å². The molecule has 94 valence electrons. The fourth-order valence-corrected chi connectivity index (χ4v) is 1.63. The molecule has 4 nitrogen and oxygen atoms in total. The zero-order valence-corrected chi connectivity index (χ0v) is 10.4. The minimum Gasteiger partial charge on any atom is -0.383 e. The quantitative estimate of drug-likeness (QED) is 0.694. The van der Waals surface area contributed by atoms with Crippen LogP contribution in [0.1, 0.15) is 24.1 Å². The van der Waals surface area contributed by atoms with Crippen molar-refractivity contribution in [1.82, 2.24) is 5.32 Å². The number of hydrogen-bond acceptors (Lipinski definition) is 3. The number of benzene rings is 1. The predicted octanol–water partition coefficient (Wildman–Crippen LogP) is 1.01. The van der Waals surface area contributed by atoms with Gasteiger partial charge in [-0.2, -0.15) is 0 Å². The van der Waals surface area contributed by atoms with Gasteiger partial charge in [0.2, 0.25) is 5.91 Å². The molecule has 1 aromatic carbocycles. The van der Waals surface area contributed by atoms with Crippen LogP contribution in [0.25, 0.3) is 0 Å². The molecule has 0 aromatic heterocycles. The Labute approximate surface area is 102 Å². The van der Waals surface area contributed by atoms with Crippen molar-refractivity contribution in [3.63, 3.8) is 0 Å². The standard InChI is InChI=1S/C13H20N2O2/c1-3-10-4-6-11(7-5-10)12(13(14)16)15-8-9-17-2/h4-7,12,15H,3,8-9H2,1-2H3,(H2,14,16). The first kappa shape index (κ1) is 13.7. The van der Waals surface area contributed by atoms with Gasteiger partial charge >= 0.3 is 0 Å². The molecule has 17 heavy (non-hydrogen) atoms. The van der Waals surface area contributed by atoms with Gasteiger partial charge in [0, 0.05) is 13.7 Å². The molecule has 1 amide bonds. The summed E-state index contributed by atoms with van der Waals surface area (Å²) in [5, 5.41) is 3.07. The first-order chi connectivity index (χ1) is 8.19. The van der Waals surface area contributed by atoms with Gasteiger partial charge in [-0.25, -0.2) is 0 Å². The molecule has 4 heteroatoms. The number of methoxy groups -OCH3 is 1. The largest absolute Gasteiger partial charge is 0.383 e. The van der Waals surface area contributed by atoms with E-state index in [9.17, 15) is 4.79 Å². The third kappa shape index (κ3) is 4.17. The highest BCUT2D eigenvalue weighted by atomic mass is 16.5. The number of carbonyl (C=O) groups is 1. The maximum atomic E-state index is 11.4. The second-order valence-electron chi connectivity index (χ2n) is 3.88. The maximum Gasteiger partial charge on any atom is 0.239 e. The molecule has 3 N–H and O–H groups in total. The lowest BCUT2D eigenvalue weighted by Crippen LogP contribution is -2.35. The van der Waals surface area contributed by atoms with Crippen molar-refractivity contribution >= 4 is 5.91 Å². The summed E-state index contributed by atoms with van der Waals surface area (Å²) in [4.78, 5) is 11.4. The van der Waals surface area contributed by atoms with Gasteiger partial charge in [-0.05, 0) is 17.5 Å². The summed E-state index contributed by atoms with van der Waals surface area (Å²) in [6.07, 6.45) is 0.985. The van der Waals surface area contributed by atoms with Gasteiger partial charge in [0.25, 0.3) is 0 Å². The van der Waals surface area contributed by atoms with Crippen molar-refractivity contribution in [2.24, 2.45) is 5.73 Å². The Kier molecular flexibility index (Phi) is 5.66. The van der Waals surface area contributed by atoms with E-state index in [0.717, 1.165) is 12.0 Å². The second kappa shape index (κ2) is 7.04. The number of primary amides is 1. The second-order valence-corrected chi connectivity index (χ2v) is 3.88. The number of rotatable bonds is 7. The zero-order chi connectivity index (χ0) is 12.7. The van der Waals surface area contributed by atoms with E-state index in [-0.39, 0.29) is 5.91 Å². The van der Waals surface area contributed by atoms with Gasteiger partial charge in [-0.3, -0.25) is 10.1 Å². The molecule has 0 fully saturated rings. The Morgan fingerprint density at radius 2 is 2.06 bits per heavy atom. The molecule has 0 heterocycles. The Hall–Kier alpha value is -1.39. The molecule has 0 saturated carbocycles. The van der Waals surface area contributed by atoms with E-state index < -0.39 is 6.04 Å². The monoisotopic (exact) mass is 236 g/mol. The summed E-state index contributed by atoms with van der Waals surface area (Å²) in [5.41, 5.74) is 7.52. The van der Waals surface area contributed by atoms with Crippen molar-refractivity contribution in [2.45, 2.75) is 19.4 Å². The van der Waals surface area contributed by atoms with Gasteiger partial charge < -0.3 is 10.5 Å². The Balaban J connectivity index is 2.71. The molecule has 1 rings (SSSR count). The molecule has 0 aliphatic heterocycles. The van der Waals surface area contributed by atoms with Gasteiger partial charge in [-0.1, -0.05) is 31.2 Å². The van der Waals surface area contributed by atoms with Crippen LogP contribution in [0.15, 0.2) is 24.3 Å². The Bertz CT molecular complexity index is 349. The number of carbonyl (C=O) groups excluding carboxylic acids is 1. The average Bonchev–Trinajstić information content (AvgIpc) is 2.34. The zero-order valence-electron chi connectivity index (χ0n) is 10.4. The van der Waals surface area contributed by atoms with Crippen LogP contribution in [0.5, 0.6) is 0 Å². The van der Waals surface area contributed by atoms with E-state index in [1.54, 1.807) is 7.11 Å². The van der Waals surface area contributed by atoms with E-state index >= 15 is 0 Å². The molecule has 0 saturated heterocycles. The number of hydrogen-bond donors (Lipinski definition) is 2. The van der Waals surface area contributed by atoms with Crippen LogP contribution >= 0.6 is 0 Å². The normalized spacial score (nSPS) is 12.4. The molecule has 0 radical (unpaired) electrons. The molecular weight excluding hydrogens is 216 g/mol. The first-order valence-electron chi connectivity index (χ1n) is 5.79. The molecule has 1 unspecified atom stereocenters. The number of amides is 1. The van der Waals surface area contributed by atoms with E-state index in [2.05, 4.69) is 12.2 Å². The maximum absolute atomic E-state index is 11.4. The number of aryl methyl sites for hydroxylation is 1. The number of nitrogens with one attached hydrogen (secondary N) is 1. The summed E-state index contributed by atoms with van der Waals surface area (Å²) in [5.74, 6) is -0.370. The van der Waals surface area contributed by atoms with E-state index in [1.807, 2.05) is 24.3 Å². The molecule has 0 aliphatic carbocycles. The summed E-state index contributed by atoms with van der Waals surface area (Å²) in [6, 6.07) is 7.46. The fraction of sp³-hybridized carbons (Fsp3) is 0.462. The van der Waals surface area contributed by atoms with Crippen LogP contribution in [0.2, 0.25) is 0 Å². The predicted molar refractivity (Wildman–Crippen MR) is 67.6 cm³/mol. The lowest BCUT2D eigenvalue weighted by Gasteiger charge is -2.15. The highest BCUT2D eigenvalue weighted by Crippen LogP contribution is 2.13. The van der Waals surface area contributed by atoms with Gasteiger partial charge in [0.1, 0.15) is 6.04 Å². The van der Waals surface area contributed by atoms with Crippen LogP contribution in [0.3, 0.4) is 0 Å². The van der Waals surface area contributed by atoms with E-state index in [1.165, 1.54) is 5.56 Å². The Morgan fingerprint density at radius 1 is 1.41 bits per heavy atom. The summed E-state index contributed by atoms with van der Waals surface area (Å²) in [6.45, 7) is 3.24. The third-order valence-corrected chi connectivity index (χ3v) is 2.66. The van der Waals surface area contributed by atoms with Crippen molar-refractivity contribution < 1.29 is 9.53 Å². The highest BCUT2D eigenvalue weighted by molar-refractivity contribution is 5.81. The van der Waals surface area contributed by atoms with Crippen molar-refractivity contribution in [2.75, 3.05) is 20.3 Å². The minimum atomic E-state index is -0.448. The lowest BCUT2D eigenvalue weighted by molar-refractivity contribution is -0.120. The Morgan fingerprint density at radius 3 is 2.53 bits per heavy atom. The molecule has 1 aromatic rings. The van der Waals surface area contributed by atoms with Crippen LogP contribution in [-0.4, -0.2) is 26.2 Å². The SMILES string of the molecule is CCc1ccc(C(NCCOC)C(N)=O)cc1. The summed E-state index contributed by atoms with van der Waals surface area (Å²) in [7, 11) is 1.62. The number of ether oxygens (including phenoxy) is 1. The lowest BCUT2D eigenvalue weighted by atomic mass is 10.0. The number of nitrogens with two attached hydrogens (primary N) is 1. The fourth-order valence-electron chi connectivity index (χ4n) is 1.63. The van der Waals surface area contributed by atoms with Crippen molar-refractivity contribution in [1.29, 1.82) is 0 Å². The average molecular weight is 236 g/mol. The smallest absolute Gasteiger partial charge is 0.239 e. The minimum absolute atomic E-state index is 0.370. The third-order valence-electron chi connectivity index (χ3n) is 2.66. The van der Waals surface area contributed by atoms with Crippen LogP contribution in [0, 0.1) is 0 Å². The highest BCUT2D eigenvalue weighted by Gasteiger charge is 2.16. The summed E-state index contributed by atoms with van der Waals surface area (Å²) >= 11 is 0. The molecule has 0 spiro atoms. The van der Waals surface area contributed by atoms with Crippen LogP contribution in [-0.2, 0) is 16.0 Å². The van der Waals surface area contributed by atoms with Gasteiger partial charge in [-0.15, -0.1) is 0 Å². The molecule has 1 atom stereocenters. The van der Waals surface area contributed by atoms with Gasteiger partial charge in [0.15, 0.2) is 0 Å². The molecular formula is C13H20N2O2. The van der Waals surface area contributed by atoms with E-state index in [4.69, 9.17) is 10.5 Å². The van der Waals surface area contributed by atoms with E-state index in [0.29, 0.717) is 13.2 Å². The van der Waals surface area contributed by atoms with Crippen molar-refractivity contribution in [3.05, 3.63) is 35.4 Å². The van der Waals surface area contributed by atoms with Gasteiger partial charge in [0.05, 0.1) is 6.61 Å². The molecule has 0 aliphatic rings. The van der Waals surface area contributed by atoms with Crippen molar-refractivity contribution in [3.8, 4) is 0 Å². The first-order valence-corrected chi connectivity index (χ1v) is 5.79. The molecule has 0 bridgehead atoms. The topological polar surface area (TPSA) is 64.3 Å². The summed E-state index contributed by atoms with van der Waals surface area (Å²) < 4.78 is 4.93.